The summed E-state index contributed by atoms with van der Waals surface area (Å²) in [6.07, 6.45) is 12.6. The average molecular weight is 711 g/mol. The van der Waals surface area contributed by atoms with Gasteiger partial charge in [0.25, 0.3) is 0 Å². The molecule has 5 heterocycles. The number of fused-ring (bicyclic) bond motifs is 17. The van der Waals surface area contributed by atoms with Crippen LogP contribution in [0, 0.1) is 18.8 Å². The highest BCUT2D eigenvalue weighted by Crippen LogP contribution is 2.67. The molecular formula is C50H34N2OS. The standard InChI is InChI=1S/C50H34N2OS/c1-29-25-30(26-36-33-15-4-10-23-45(33)53-49(29)36)51-41-20-7-3-14-32(41)35-27-40-47(28-44(35)51)54-46-24-11-6-18-38(46)50(40)37-17-5-9-22-43(37)52-42-21-8-2-13-31(42)34-16-12-19-39(50)48(34)52/h2-28,39-40,47-48H,1H3. The Bertz CT molecular complexity index is 3160. The fourth-order valence-electron chi connectivity index (χ4n) is 11.2. The van der Waals surface area contributed by atoms with Crippen LogP contribution < -0.4 is 15.5 Å². The van der Waals surface area contributed by atoms with Crippen molar-refractivity contribution in [2.45, 2.75) is 28.5 Å². The summed E-state index contributed by atoms with van der Waals surface area (Å²) >= 11 is 2.05. The molecule has 0 fully saturated rings. The molecule has 4 heteroatoms. The lowest BCUT2D eigenvalue weighted by molar-refractivity contribution is 0.272. The van der Waals surface area contributed by atoms with Gasteiger partial charge in [0.2, 0.25) is 0 Å². The first-order valence-electron chi connectivity index (χ1n) is 19.1. The molecule has 1 spiro atoms. The molecule has 2 aliphatic carbocycles. The number of furan rings is 1. The van der Waals surface area contributed by atoms with Crippen LogP contribution in [0.25, 0.3) is 56.3 Å². The van der Waals surface area contributed by atoms with Crippen LogP contribution in [0.1, 0.15) is 22.3 Å². The largest absolute Gasteiger partial charge is 0.456 e. The van der Waals surface area contributed by atoms with Crippen molar-refractivity contribution < 1.29 is 4.42 Å². The van der Waals surface area contributed by atoms with Gasteiger partial charge in [-0.05, 0) is 77.7 Å². The number of hydrogen-bond donors (Lipinski definition) is 0. The third kappa shape index (κ3) is 3.51. The molecule has 5 atom stereocenters. The zero-order valence-corrected chi connectivity index (χ0v) is 30.4. The maximum Gasteiger partial charge on any atom is 0.138 e. The Morgan fingerprint density at radius 2 is 1.44 bits per heavy atom. The van der Waals surface area contributed by atoms with Crippen LogP contribution >= 0.6 is 11.8 Å². The maximum absolute atomic E-state index is 6.40. The van der Waals surface area contributed by atoms with E-state index >= 15 is 0 Å². The van der Waals surface area contributed by atoms with Gasteiger partial charge < -0.3 is 13.9 Å². The van der Waals surface area contributed by atoms with E-state index in [2.05, 4.69) is 180 Å². The summed E-state index contributed by atoms with van der Waals surface area (Å²) in [5, 5.41) is 6.47. The number of hydrogen-bond acceptors (Lipinski definition) is 3. The number of aromatic nitrogens is 1. The van der Waals surface area contributed by atoms with Crippen molar-refractivity contribution in [3.63, 3.8) is 0 Å². The highest BCUT2D eigenvalue weighted by molar-refractivity contribution is 8.00. The highest BCUT2D eigenvalue weighted by Gasteiger charge is 2.61. The Kier molecular flexibility index (Phi) is 5.66. The van der Waals surface area contributed by atoms with Gasteiger partial charge in [0.1, 0.15) is 11.2 Å². The summed E-state index contributed by atoms with van der Waals surface area (Å²) in [5.41, 5.74) is 13.5. The van der Waals surface area contributed by atoms with Gasteiger partial charge in [0.15, 0.2) is 0 Å². The molecular weight excluding hydrogens is 677 g/mol. The summed E-state index contributed by atoms with van der Waals surface area (Å²) in [7, 11) is 0. The molecule has 5 aliphatic rings. The molecule has 0 radical (unpaired) electrons. The van der Waals surface area contributed by atoms with E-state index in [1.54, 1.807) is 0 Å². The van der Waals surface area contributed by atoms with Gasteiger partial charge in [-0.2, -0.15) is 0 Å². The van der Waals surface area contributed by atoms with E-state index in [1.807, 2.05) is 11.8 Å². The number of nitrogens with zero attached hydrogens (tertiary/aromatic N) is 2. The lowest BCUT2D eigenvalue weighted by atomic mass is 9.52. The second-order valence-corrected chi connectivity index (χ2v) is 16.8. The van der Waals surface area contributed by atoms with E-state index in [1.165, 1.54) is 71.1 Å². The number of benzene rings is 6. The third-order valence-corrected chi connectivity index (χ3v) is 14.5. The summed E-state index contributed by atoms with van der Waals surface area (Å²) in [6.45, 7) is 2.18. The minimum atomic E-state index is -0.287. The van der Waals surface area contributed by atoms with Crippen LogP contribution in [0.2, 0.25) is 0 Å². The fraction of sp³-hybridized carbons (Fsp3) is 0.120. The molecule has 2 aromatic heterocycles. The van der Waals surface area contributed by atoms with Gasteiger partial charge in [-0.15, -0.1) is 11.8 Å². The fourth-order valence-corrected chi connectivity index (χ4v) is 12.7. The summed E-state index contributed by atoms with van der Waals surface area (Å²) in [4.78, 5) is 4.05. The van der Waals surface area contributed by atoms with Crippen molar-refractivity contribution in [3.8, 4) is 5.69 Å². The van der Waals surface area contributed by atoms with Gasteiger partial charge >= 0.3 is 0 Å². The van der Waals surface area contributed by atoms with Crippen LogP contribution in [0.5, 0.6) is 0 Å². The number of anilines is 2. The Balaban J connectivity index is 1.12. The smallest absolute Gasteiger partial charge is 0.138 e. The van der Waals surface area contributed by atoms with Gasteiger partial charge in [0.05, 0.1) is 16.9 Å². The molecule has 3 aliphatic heterocycles. The lowest BCUT2D eigenvalue weighted by Gasteiger charge is -2.58. The van der Waals surface area contributed by atoms with E-state index in [9.17, 15) is 0 Å². The minimum absolute atomic E-state index is 0.215. The second-order valence-electron chi connectivity index (χ2n) is 15.6. The first kappa shape index (κ1) is 29.5. The van der Waals surface area contributed by atoms with Crippen molar-refractivity contribution in [2.24, 2.45) is 11.8 Å². The Morgan fingerprint density at radius 3 is 2.37 bits per heavy atom. The quantitative estimate of drug-likeness (QED) is 0.169. The molecule has 8 aromatic rings. The Labute approximate surface area is 316 Å². The molecule has 3 nitrogen and oxygen atoms in total. The maximum atomic E-state index is 6.40. The molecule has 54 heavy (non-hydrogen) atoms. The monoisotopic (exact) mass is 710 g/mol. The first-order chi connectivity index (χ1) is 26.7. The number of thioether (sulfide) groups is 1. The van der Waals surface area contributed by atoms with E-state index in [-0.39, 0.29) is 28.5 Å². The number of allylic oxidation sites excluding steroid dienone is 2. The molecule has 0 saturated carbocycles. The number of aryl methyl sites for hydroxylation is 1. The molecule has 0 saturated heterocycles. The predicted molar refractivity (Wildman–Crippen MR) is 223 cm³/mol. The van der Waals surface area contributed by atoms with Crippen LogP contribution in [0.15, 0.2) is 161 Å². The summed E-state index contributed by atoms with van der Waals surface area (Å²) in [6, 6.07) is 50.0. The SMILES string of the molecule is Cc1cc(-n2c3c(c4ccccc42)=CC2C(C=3)Sc3ccccc3C23c2ccccc2N2c4ccccc4C4=CC=CC3C42)cc2c1oc1ccccc12. The van der Waals surface area contributed by atoms with Crippen LogP contribution in [0.3, 0.4) is 0 Å². The van der Waals surface area contributed by atoms with Crippen molar-refractivity contribution in [1.29, 1.82) is 0 Å². The molecule has 0 N–H and O–H groups in total. The number of para-hydroxylation sites is 4. The molecule has 5 unspecified atom stereocenters. The average Bonchev–Trinajstić information content (AvgIpc) is 3.87. The van der Waals surface area contributed by atoms with Crippen LogP contribution in [-0.2, 0) is 5.41 Å². The predicted octanol–water partition coefficient (Wildman–Crippen LogP) is 10.6. The van der Waals surface area contributed by atoms with Gasteiger partial charge in [0, 0.05) is 71.4 Å². The van der Waals surface area contributed by atoms with Crippen LogP contribution in [0.4, 0.5) is 11.4 Å². The minimum Gasteiger partial charge on any atom is -0.456 e. The van der Waals surface area contributed by atoms with Crippen molar-refractivity contribution >= 4 is 73.7 Å². The van der Waals surface area contributed by atoms with Gasteiger partial charge in [-0.25, -0.2) is 0 Å². The molecule has 256 valence electrons. The Hall–Kier alpha value is -5.97. The topological polar surface area (TPSA) is 21.3 Å². The van der Waals surface area contributed by atoms with E-state index in [0.717, 1.165) is 22.1 Å². The van der Waals surface area contributed by atoms with Crippen LogP contribution in [-0.4, -0.2) is 15.9 Å². The normalized spacial score (nSPS) is 23.9. The highest BCUT2D eigenvalue weighted by atomic mass is 32.2. The van der Waals surface area contributed by atoms with Crippen molar-refractivity contribution in [3.05, 3.63) is 185 Å². The zero-order valence-electron chi connectivity index (χ0n) is 29.6. The van der Waals surface area contributed by atoms with Gasteiger partial charge in [-0.1, -0.05) is 115 Å². The molecule has 13 rings (SSSR count). The van der Waals surface area contributed by atoms with E-state index in [0.29, 0.717) is 0 Å². The van der Waals surface area contributed by atoms with E-state index < -0.39 is 0 Å². The third-order valence-electron chi connectivity index (χ3n) is 13.1. The summed E-state index contributed by atoms with van der Waals surface area (Å²) in [5.74, 6) is 0.445. The lowest BCUT2D eigenvalue weighted by Crippen LogP contribution is -2.59. The molecule has 6 aromatic carbocycles. The van der Waals surface area contributed by atoms with Crippen molar-refractivity contribution in [1.82, 2.24) is 4.57 Å². The van der Waals surface area contributed by atoms with Gasteiger partial charge in [-0.3, -0.25) is 0 Å². The summed E-state index contributed by atoms with van der Waals surface area (Å²) < 4.78 is 8.91. The molecule has 0 amide bonds. The van der Waals surface area contributed by atoms with Crippen molar-refractivity contribution in [2.75, 3.05) is 4.90 Å². The number of rotatable bonds is 1. The molecule has 0 bridgehead atoms. The van der Waals surface area contributed by atoms with E-state index in [4.69, 9.17) is 4.42 Å². The second kappa shape index (κ2) is 10.4. The first-order valence-corrected chi connectivity index (χ1v) is 20.0. The Morgan fingerprint density at radius 1 is 0.685 bits per heavy atom. The zero-order chi connectivity index (χ0) is 35.3.